The molecule has 0 unspecified atom stereocenters. The highest BCUT2D eigenvalue weighted by Crippen LogP contribution is 2.29. The Morgan fingerprint density at radius 1 is 1.31 bits per heavy atom. The minimum absolute atomic E-state index is 0.174. The highest BCUT2D eigenvalue weighted by molar-refractivity contribution is 7.99. The Hall–Kier alpha value is -2.13. The third kappa shape index (κ3) is 3.68. The number of thioether (sulfide) groups is 1. The summed E-state index contributed by atoms with van der Waals surface area (Å²) < 4.78 is 7.19. The summed E-state index contributed by atoms with van der Waals surface area (Å²) in [6.45, 7) is 2.06. The van der Waals surface area contributed by atoms with Crippen molar-refractivity contribution in [2.45, 2.75) is 32.2 Å². The van der Waals surface area contributed by atoms with Crippen LogP contribution in [0.1, 0.15) is 45.8 Å². The Bertz CT molecular complexity index is 881. The van der Waals surface area contributed by atoms with Crippen LogP contribution >= 0.6 is 23.1 Å². The molecule has 7 nitrogen and oxygen atoms in total. The molecule has 9 heteroatoms. The lowest BCUT2D eigenvalue weighted by Gasteiger charge is -2.17. The van der Waals surface area contributed by atoms with Crippen molar-refractivity contribution in [3.63, 3.8) is 0 Å². The first kappa shape index (κ1) is 17.3. The number of aromatic nitrogens is 4. The molecule has 136 valence electrons. The van der Waals surface area contributed by atoms with Crippen molar-refractivity contribution in [3.8, 4) is 5.13 Å². The van der Waals surface area contributed by atoms with E-state index >= 15 is 0 Å². The van der Waals surface area contributed by atoms with Crippen LogP contribution in [0.15, 0.2) is 29.0 Å². The SMILES string of the molecule is Cc1nc(-n2cccc2)sc1C(=O)NCc1nc(C2CCSCC2)no1. The van der Waals surface area contributed by atoms with Crippen LogP contribution in [0.25, 0.3) is 5.13 Å². The van der Waals surface area contributed by atoms with Crippen LogP contribution < -0.4 is 5.32 Å². The van der Waals surface area contributed by atoms with Gasteiger partial charge in [0.15, 0.2) is 11.0 Å². The molecule has 1 amide bonds. The first-order valence-corrected chi connectivity index (χ1v) is 10.5. The molecule has 0 saturated carbocycles. The van der Waals surface area contributed by atoms with Gasteiger partial charge in [0.25, 0.3) is 5.91 Å². The van der Waals surface area contributed by atoms with E-state index in [9.17, 15) is 4.79 Å². The third-order valence-electron chi connectivity index (χ3n) is 4.29. The fraction of sp³-hybridized carbons (Fsp3) is 0.412. The van der Waals surface area contributed by atoms with Gasteiger partial charge in [0.2, 0.25) is 5.89 Å². The topological polar surface area (TPSA) is 85.8 Å². The molecule has 1 saturated heterocycles. The van der Waals surface area contributed by atoms with Gasteiger partial charge in [-0.05, 0) is 43.4 Å². The van der Waals surface area contributed by atoms with Crippen LogP contribution in [0.4, 0.5) is 0 Å². The summed E-state index contributed by atoms with van der Waals surface area (Å²) in [6.07, 6.45) is 5.98. The van der Waals surface area contributed by atoms with E-state index in [4.69, 9.17) is 4.52 Å². The van der Waals surface area contributed by atoms with Gasteiger partial charge >= 0.3 is 0 Å². The summed E-state index contributed by atoms with van der Waals surface area (Å²) in [4.78, 5) is 22.0. The summed E-state index contributed by atoms with van der Waals surface area (Å²) in [5, 5.41) is 7.71. The van der Waals surface area contributed by atoms with Gasteiger partial charge in [0.05, 0.1) is 12.2 Å². The zero-order valence-corrected chi connectivity index (χ0v) is 16.0. The van der Waals surface area contributed by atoms with Crippen molar-refractivity contribution in [1.82, 2.24) is 25.0 Å². The third-order valence-corrected chi connectivity index (χ3v) is 6.51. The monoisotopic (exact) mass is 389 g/mol. The molecule has 0 spiro atoms. The molecule has 0 atom stereocenters. The fourth-order valence-electron chi connectivity index (χ4n) is 2.86. The predicted octanol–water partition coefficient (Wildman–Crippen LogP) is 3.17. The van der Waals surface area contributed by atoms with Crippen LogP contribution in [0.5, 0.6) is 0 Å². The number of hydrogen-bond donors (Lipinski definition) is 1. The lowest BCUT2D eigenvalue weighted by atomic mass is 10.0. The lowest BCUT2D eigenvalue weighted by molar-refractivity contribution is 0.0949. The van der Waals surface area contributed by atoms with E-state index in [1.54, 1.807) is 0 Å². The van der Waals surface area contributed by atoms with Gasteiger partial charge in [-0.3, -0.25) is 4.79 Å². The van der Waals surface area contributed by atoms with Gasteiger partial charge in [0.1, 0.15) is 4.88 Å². The number of thiazole rings is 1. The van der Waals surface area contributed by atoms with Gasteiger partial charge in [-0.25, -0.2) is 4.98 Å². The molecule has 1 aliphatic heterocycles. The number of nitrogens with one attached hydrogen (secondary N) is 1. The van der Waals surface area contributed by atoms with Crippen molar-refractivity contribution < 1.29 is 9.32 Å². The van der Waals surface area contributed by atoms with E-state index in [1.165, 1.54) is 11.3 Å². The van der Waals surface area contributed by atoms with E-state index in [0.717, 1.165) is 35.3 Å². The van der Waals surface area contributed by atoms with E-state index in [-0.39, 0.29) is 12.5 Å². The highest BCUT2D eigenvalue weighted by atomic mass is 32.2. The number of carbonyl (C=O) groups excluding carboxylic acids is 1. The normalized spacial score (nSPS) is 15.3. The summed E-state index contributed by atoms with van der Waals surface area (Å²) >= 11 is 3.32. The Labute approximate surface area is 159 Å². The van der Waals surface area contributed by atoms with E-state index in [0.29, 0.717) is 22.4 Å². The van der Waals surface area contributed by atoms with Gasteiger partial charge in [-0.2, -0.15) is 16.7 Å². The van der Waals surface area contributed by atoms with Gasteiger partial charge < -0.3 is 14.4 Å². The molecule has 1 aliphatic rings. The van der Waals surface area contributed by atoms with Crippen molar-refractivity contribution in [1.29, 1.82) is 0 Å². The van der Waals surface area contributed by atoms with Gasteiger partial charge in [-0.15, -0.1) is 0 Å². The van der Waals surface area contributed by atoms with Crippen LogP contribution in [0, 0.1) is 6.92 Å². The molecule has 0 aromatic carbocycles. The summed E-state index contributed by atoms with van der Waals surface area (Å²) in [5.41, 5.74) is 0.710. The molecule has 0 aliphatic carbocycles. The van der Waals surface area contributed by atoms with Crippen LogP contribution in [0.2, 0.25) is 0 Å². The number of hydrogen-bond acceptors (Lipinski definition) is 7. The second-order valence-corrected chi connectivity index (χ2v) is 8.32. The summed E-state index contributed by atoms with van der Waals surface area (Å²) in [5.74, 6) is 3.68. The largest absolute Gasteiger partial charge is 0.342 e. The molecule has 1 fully saturated rings. The number of rotatable bonds is 5. The quantitative estimate of drug-likeness (QED) is 0.721. The summed E-state index contributed by atoms with van der Waals surface area (Å²) in [6, 6.07) is 3.85. The minimum Gasteiger partial charge on any atom is -0.342 e. The van der Waals surface area contributed by atoms with Crippen molar-refractivity contribution in [2.75, 3.05) is 11.5 Å². The smallest absolute Gasteiger partial charge is 0.263 e. The molecule has 0 radical (unpaired) electrons. The van der Waals surface area contributed by atoms with Crippen LogP contribution in [-0.4, -0.2) is 37.1 Å². The Kier molecular flexibility index (Phi) is 5.07. The Morgan fingerprint density at radius 3 is 2.85 bits per heavy atom. The van der Waals surface area contributed by atoms with E-state index in [2.05, 4.69) is 20.4 Å². The van der Waals surface area contributed by atoms with Crippen LogP contribution in [-0.2, 0) is 6.54 Å². The average Bonchev–Trinajstić information content (AvgIpc) is 3.41. The zero-order valence-electron chi connectivity index (χ0n) is 14.3. The number of amides is 1. The first-order chi connectivity index (χ1) is 12.7. The maximum absolute atomic E-state index is 12.5. The maximum Gasteiger partial charge on any atom is 0.263 e. The highest BCUT2D eigenvalue weighted by Gasteiger charge is 2.22. The number of carbonyl (C=O) groups is 1. The second-order valence-electron chi connectivity index (χ2n) is 6.12. The maximum atomic E-state index is 12.5. The van der Waals surface area contributed by atoms with Gasteiger partial charge in [-0.1, -0.05) is 16.5 Å². The molecule has 3 aromatic heterocycles. The molecule has 3 aromatic rings. The molecular weight excluding hydrogens is 370 g/mol. The molecular formula is C17H19N5O2S2. The molecule has 0 bridgehead atoms. The molecule has 1 N–H and O–H groups in total. The average molecular weight is 390 g/mol. The summed E-state index contributed by atoms with van der Waals surface area (Å²) in [7, 11) is 0. The lowest BCUT2D eigenvalue weighted by Crippen LogP contribution is -2.22. The van der Waals surface area contributed by atoms with Crippen molar-refractivity contribution in [2.24, 2.45) is 0 Å². The minimum atomic E-state index is -0.174. The van der Waals surface area contributed by atoms with E-state index < -0.39 is 0 Å². The van der Waals surface area contributed by atoms with Crippen molar-refractivity contribution >= 4 is 29.0 Å². The fourth-order valence-corrected chi connectivity index (χ4v) is 4.92. The van der Waals surface area contributed by atoms with Crippen LogP contribution in [0.3, 0.4) is 0 Å². The molecule has 4 heterocycles. The molecule has 26 heavy (non-hydrogen) atoms. The first-order valence-electron chi connectivity index (χ1n) is 8.50. The number of nitrogens with zero attached hydrogens (tertiary/aromatic N) is 4. The van der Waals surface area contributed by atoms with Crippen molar-refractivity contribution in [3.05, 3.63) is 46.8 Å². The van der Waals surface area contributed by atoms with Gasteiger partial charge in [0, 0.05) is 18.3 Å². The zero-order chi connectivity index (χ0) is 17.9. The predicted molar refractivity (Wildman–Crippen MR) is 101 cm³/mol. The van der Waals surface area contributed by atoms with E-state index in [1.807, 2.05) is 47.8 Å². The molecule has 4 rings (SSSR count). The second kappa shape index (κ2) is 7.63. The number of aryl methyl sites for hydroxylation is 1. The Morgan fingerprint density at radius 2 is 2.08 bits per heavy atom. The standard InChI is InChI=1S/C17H19N5O2S2/c1-11-14(26-17(19-11)22-6-2-3-7-22)16(23)18-10-13-20-15(21-24-13)12-4-8-25-9-5-12/h2-3,6-7,12H,4-5,8-10H2,1H3,(H,18,23). The Balaban J connectivity index is 1.39.